The van der Waals surface area contributed by atoms with Gasteiger partial charge in [0.1, 0.15) is 0 Å². The van der Waals surface area contributed by atoms with E-state index in [2.05, 4.69) is 0 Å². The molecule has 0 atom stereocenters. The molecule has 0 bridgehead atoms. The summed E-state index contributed by atoms with van der Waals surface area (Å²) < 4.78 is 11.4. The van der Waals surface area contributed by atoms with E-state index in [1.165, 1.54) is 11.3 Å². The lowest BCUT2D eigenvalue weighted by atomic mass is 10.2. The van der Waals surface area contributed by atoms with E-state index in [-0.39, 0.29) is 12.2 Å². The third-order valence-electron chi connectivity index (χ3n) is 2.37. The molecular weight excluding hydrogens is 212 g/mol. The number of hydrogen-bond acceptors (Lipinski definition) is 4. The summed E-state index contributed by atoms with van der Waals surface area (Å²) in [6.07, 6.45) is 0. The molecule has 0 amide bonds. The lowest BCUT2D eigenvalue weighted by molar-refractivity contribution is -0.0139. The van der Waals surface area contributed by atoms with Crippen molar-refractivity contribution in [3.63, 3.8) is 0 Å². The molecular formula is C11H8O3S. The Morgan fingerprint density at radius 3 is 3.07 bits per heavy atom. The molecule has 0 N–H and O–H groups in total. The Bertz CT molecular complexity index is 574. The minimum Gasteiger partial charge on any atom is -0.457 e. The van der Waals surface area contributed by atoms with Gasteiger partial charge in [-0.15, -0.1) is 0 Å². The summed E-state index contributed by atoms with van der Waals surface area (Å²) in [7, 11) is 0. The topological polar surface area (TPSA) is 35.5 Å². The number of benzene rings is 1. The van der Waals surface area contributed by atoms with Crippen molar-refractivity contribution >= 4 is 21.4 Å². The quantitative estimate of drug-likeness (QED) is 0.682. The summed E-state index contributed by atoms with van der Waals surface area (Å²) in [5, 5.41) is 1.44. The Morgan fingerprint density at radius 1 is 1.27 bits per heavy atom. The summed E-state index contributed by atoms with van der Waals surface area (Å²) in [6, 6.07) is 7.56. The van der Waals surface area contributed by atoms with E-state index in [0.29, 0.717) is 17.2 Å². The minimum atomic E-state index is 0.0269. The average molecular weight is 220 g/mol. The van der Waals surface area contributed by atoms with Gasteiger partial charge in [-0.3, -0.25) is 4.79 Å². The average Bonchev–Trinajstić information content (AvgIpc) is 2.30. The Labute approximate surface area is 89.9 Å². The van der Waals surface area contributed by atoms with Gasteiger partial charge < -0.3 is 9.47 Å². The smallest absolute Gasteiger partial charge is 0.197 e. The van der Waals surface area contributed by atoms with E-state index in [1.807, 2.05) is 24.3 Å². The van der Waals surface area contributed by atoms with Crippen molar-refractivity contribution in [1.29, 1.82) is 0 Å². The standard InChI is InChI=1S/C11H8O3S/c12-10-7-3-1-2-4-9(7)15-11-8(10)5-13-6-14-11/h1-4H,5-6H2. The fraction of sp³-hybridized carbons (Fsp3) is 0.182. The molecule has 15 heavy (non-hydrogen) atoms. The molecule has 2 heterocycles. The molecule has 1 aromatic heterocycles. The third-order valence-corrected chi connectivity index (χ3v) is 3.50. The SMILES string of the molecule is O=c1c2c(sc3ccccc13)OCOC2. The van der Waals surface area contributed by atoms with Gasteiger partial charge in [0.25, 0.3) is 0 Å². The first kappa shape index (κ1) is 8.88. The summed E-state index contributed by atoms with van der Waals surface area (Å²) in [6.45, 7) is 0.594. The van der Waals surface area contributed by atoms with Crippen LogP contribution in [0.1, 0.15) is 5.56 Å². The second-order valence-corrected chi connectivity index (χ2v) is 4.32. The molecule has 1 aliphatic rings. The minimum absolute atomic E-state index is 0.0269. The van der Waals surface area contributed by atoms with Crippen molar-refractivity contribution in [2.45, 2.75) is 6.61 Å². The van der Waals surface area contributed by atoms with E-state index in [0.717, 1.165) is 10.1 Å². The maximum absolute atomic E-state index is 12.0. The second-order valence-electron chi connectivity index (χ2n) is 3.30. The van der Waals surface area contributed by atoms with Gasteiger partial charge >= 0.3 is 0 Å². The van der Waals surface area contributed by atoms with Crippen molar-refractivity contribution in [2.75, 3.05) is 6.79 Å². The van der Waals surface area contributed by atoms with Crippen LogP contribution in [-0.4, -0.2) is 6.79 Å². The zero-order valence-electron chi connectivity index (χ0n) is 7.86. The van der Waals surface area contributed by atoms with Gasteiger partial charge in [0.05, 0.1) is 12.2 Å². The summed E-state index contributed by atoms with van der Waals surface area (Å²) in [5.74, 6) is 0. The van der Waals surface area contributed by atoms with Crippen molar-refractivity contribution in [3.05, 3.63) is 40.1 Å². The van der Waals surface area contributed by atoms with Crippen LogP contribution >= 0.6 is 11.3 Å². The molecule has 0 radical (unpaired) electrons. The molecule has 0 aliphatic carbocycles. The molecule has 4 heteroatoms. The predicted octanol–water partition coefficient (Wildman–Crippen LogP) is 2.13. The fourth-order valence-electron chi connectivity index (χ4n) is 1.64. The monoisotopic (exact) mass is 220 g/mol. The first-order valence-corrected chi connectivity index (χ1v) is 5.43. The van der Waals surface area contributed by atoms with Gasteiger partial charge in [-0.05, 0) is 12.1 Å². The normalized spacial score (nSPS) is 14.7. The van der Waals surface area contributed by atoms with Gasteiger partial charge in [-0.25, -0.2) is 0 Å². The van der Waals surface area contributed by atoms with E-state index < -0.39 is 0 Å². The van der Waals surface area contributed by atoms with Gasteiger partial charge in [-0.1, -0.05) is 23.5 Å². The van der Waals surface area contributed by atoms with Crippen molar-refractivity contribution < 1.29 is 9.47 Å². The molecule has 1 aromatic carbocycles. The number of rotatable bonds is 0. The lowest BCUT2D eigenvalue weighted by Crippen LogP contribution is -2.18. The third kappa shape index (κ3) is 1.33. The van der Waals surface area contributed by atoms with E-state index in [9.17, 15) is 4.79 Å². The van der Waals surface area contributed by atoms with E-state index >= 15 is 0 Å². The van der Waals surface area contributed by atoms with Crippen LogP contribution < -0.4 is 10.2 Å². The van der Waals surface area contributed by atoms with Crippen molar-refractivity contribution in [2.24, 2.45) is 0 Å². The zero-order valence-corrected chi connectivity index (χ0v) is 8.67. The van der Waals surface area contributed by atoms with Crippen LogP contribution in [0.25, 0.3) is 10.1 Å². The van der Waals surface area contributed by atoms with E-state index in [1.54, 1.807) is 0 Å². The van der Waals surface area contributed by atoms with Crippen LogP contribution in [0.4, 0.5) is 0 Å². The molecule has 1 aliphatic heterocycles. The summed E-state index contributed by atoms with van der Waals surface area (Å²) in [4.78, 5) is 12.0. The molecule has 0 saturated heterocycles. The fourth-order valence-corrected chi connectivity index (χ4v) is 2.64. The molecule has 0 saturated carbocycles. The lowest BCUT2D eigenvalue weighted by Gasteiger charge is -2.16. The van der Waals surface area contributed by atoms with Crippen LogP contribution in [0.2, 0.25) is 0 Å². The number of ether oxygens (including phenoxy) is 2. The second kappa shape index (κ2) is 3.32. The van der Waals surface area contributed by atoms with Gasteiger partial charge in [0.15, 0.2) is 17.3 Å². The van der Waals surface area contributed by atoms with Gasteiger partial charge in [0, 0.05) is 10.1 Å². The molecule has 3 rings (SSSR count). The maximum Gasteiger partial charge on any atom is 0.197 e. The van der Waals surface area contributed by atoms with Crippen LogP contribution in [0.5, 0.6) is 5.06 Å². The van der Waals surface area contributed by atoms with E-state index in [4.69, 9.17) is 9.47 Å². The highest BCUT2D eigenvalue weighted by atomic mass is 32.1. The summed E-state index contributed by atoms with van der Waals surface area (Å²) >= 11 is 1.50. The van der Waals surface area contributed by atoms with Crippen LogP contribution in [0.3, 0.4) is 0 Å². The molecule has 0 fully saturated rings. The Balaban J connectivity index is 2.41. The zero-order chi connectivity index (χ0) is 10.3. The summed E-state index contributed by atoms with van der Waals surface area (Å²) in [5.41, 5.74) is 0.670. The first-order valence-electron chi connectivity index (χ1n) is 4.61. The molecule has 2 aromatic rings. The Kier molecular flexibility index (Phi) is 1.97. The molecule has 76 valence electrons. The van der Waals surface area contributed by atoms with Crippen molar-refractivity contribution in [3.8, 4) is 5.06 Å². The van der Waals surface area contributed by atoms with Gasteiger partial charge in [0.2, 0.25) is 0 Å². The van der Waals surface area contributed by atoms with Crippen LogP contribution in [0.15, 0.2) is 29.1 Å². The van der Waals surface area contributed by atoms with Crippen molar-refractivity contribution in [1.82, 2.24) is 0 Å². The molecule has 0 unspecified atom stereocenters. The highest BCUT2D eigenvalue weighted by Gasteiger charge is 2.17. The number of fused-ring (bicyclic) bond motifs is 2. The van der Waals surface area contributed by atoms with Crippen LogP contribution in [0, 0.1) is 0 Å². The highest BCUT2D eigenvalue weighted by molar-refractivity contribution is 7.20. The Morgan fingerprint density at radius 2 is 2.13 bits per heavy atom. The maximum atomic E-state index is 12.0. The molecule has 3 nitrogen and oxygen atoms in total. The predicted molar refractivity (Wildman–Crippen MR) is 58.4 cm³/mol. The first-order chi connectivity index (χ1) is 7.36. The molecule has 0 spiro atoms. The van der Waals surface area contributed by atoms with Crippen LogP contribution in [-0.2, 0) is 11.3 Å². The Hall–Kier alpha value is -1.39. The largest absolute Gasteiger partial charge is 0.457 e. The van der Waals surface area contributed by atoms with Gasteiger partial charge in [-0.2, -0.15) is 0 Å². The number of hydrogen-bond donors (Lipinski definition) is 0. The highest BCUT2D eigenvalue weighted by Crippen LogP contribution is 2.31.